The van der Waals surface area contributed by atoms with E-state index in [0.29, 0.717) is 6.42 Å². The standard InChI is InChI=1S/C18H20BrNO/c1-11-5-6-15(7-12(11)2)10-17(21)20-16-8-13(3)18(19)14(4)9-16/h5-9H,10H2,1-4H3,(H,20,21). The second-order valence-corrected chi connectivity index (χ2v) is 6.36. The van der Waals surface area contributed by atoms with Crippen LogP contribution in [0.3, 0.4) is 0 Å². The first-order valence-corrected chi connectivity index (χ1v) is 7.79. The summed E-state index contributed by atoms with van der Waals surface area (Å²) < 4.78 is 1.09. The maximum Gasteiger partial charge on any atom is 0.228 e. The lowest BCUT2D eigenvalue weighted by atomic mass is 10.0. The van der Waals surface area contributed by atoms with Gasteiger partial charge in [-0.15, -0.1) is 0 Å². The Morgan fingerprint density at radius 3 is 2.14 bits per heavy atom. The van der Waals surface area contributed by atoms with Crippen LogP contribution in [-0.2, 0) is 11.2 Å². The van der Waals surface area contributed by atoms with Crippen molar-refractivity contribution >= 4 is 27.5 Å². The van der Waals surface area contributed by atoms with E-state index in [2.05, 4.69) is 47.2 Å². The van der Waals surface area contributed by atoms with Crippen molar-refractivity contribution in [2.75, 3.05) is 5.32 Å². The van der Waals surface area contributed by atoms with Gasteiger partial charge in [0.2, 0.25) is 5.91 Å². The molecule has 0 fully saturated rings. The second kappa shape index (κ2) is 6.44. The fourth-order valence-electron chi connectivity index (χ4n) is 2.32. The molecule has 0 unspecified atom stereocenters. The zero-order chi connectivity index (χ0) is 15.6. The van der Waals surface area contributed by atoms with Crippen molar-refractivity contribution in [2.24, 2.45) is 0 Å². The normalized spacial score (nSPS) is 10.5. The third-order valence-corrected chi connectivity index (χ3v) is 4.91. The Labute approximate surface area is 134 Å². The van der Waals surface area contributed by atoms with Gasteiger partial charge in [0.05, 0.1) is 6.42 Å². The molecule has 0 bridgehead atoms. The molecule has 0 aliphatic rings. The van der Waals surface area contributed by atoms with E-state index in [9.17, 15) is 4.79 Å². The topological polar surface area (TPSA) is 29.1 Å². The van der Waals surface area contributed by atoms with E-state index >= 15 is 0 Å². The molecule has 0 aliphatic carbocycles. The second-order valence-electron chi connectivity index (χ2n) is 5.57. The summed E-state index contributed by atoms with van der Waals surface area (Å²) in [5.41, 5.74) is 6.60. The van der Waals surface area contributed by atoms with Crippen LogP contribution in [0.4, 0.5) is 5.69 Å². The van der Waals surface area contributed by atoms with Gasteiger partial charge in [0.25, 0.3) is 0 Å². The summed E-state index contributed by atoms with van der Waals surface area (Å²) in [5, 5.41) is 2.97. The number of amides is 1. The summed E-state index contributed by atoms with van der Waals surface area (Å²) in [7, 11) is 0. The van der Waals surface area contributed by atoms with Crippen LogP contribution < -0.4 is 5.32 Å². The molecule has 0 atom stereocenters. The molecule has 2 aromatic rings. The van der Waals surface area contributed by atoms with Crippen LogP contribution in [0.2, 0.25) is 0 Å². The molecule has 3 heteroatoms. The Morgan fingerprint density at radius 2 is 1.57 bits per heavy atom. The van der Waals surface area contributed by atoms with E-state index < -0.39 is 0 Å². The lowest BCUT2D eigenvalue weighted by Crippen LogP contribution is -2.14. The molecule has 0 heterocycles. The molecule has 0 radical (unpaired) electrons. The first-order valence-electron chi connectivity index (χ1n) is 6.99. The molecule has 1 N–H and O–H groups in total. The molecule has 2 rings (SSSR count). The van der Waals surface area contributed by atoms with Gasteiger partial charge < -0.3 is 5.32 Å². The summed E-state index contributed by atoms with van der Waals surface area (Å²) in [4.78, 5) is 12.2. The van der Waals surface area contributed by atoms with Crippen LogP contribution in [0.15, 0.2) is 34.8 Å². The van der Waals surface area contributed by atoms with E-state index in [0.717, 1.165) is 26.9 Å². The minimum absolute atomic E-state index is 0.0133. The van der Waals surface area contributed by atoms with Gasteiger partial charge in [-0.2, -0.15) is 0 Å². The monoisotopic (exact) mass is 345 g/mol. The molecule has 21 heavy (non-hydrogen) atoms. The average Bonchev–Trinajstić information content (AvgIpc) is 2.40. The van der Waals surface area contributed by atoms with Gasteiger partial charge in [-0.05, 0) is 67.6 Å². The molecule has 1 amide bonds. The average molecular weight is 346 g/mol. The van der Waals surface area contributed by atoms with E-state index in [-0.39, 0.29) is 5.91 Å². The van der Waals surface area contributed by atoms with Crippen LogP contribution in [0.25, 0.3) is 0 Å². The SMILES string of the molecule is Cc1ccc(CC(=O)Nc2cc(C)c(Br)c(C)c2)cc1C. The molecule has 2 aromatic carbocycles. The Bertz CT molecular complexity index is 669. The summed E-state index contributed by atoms with van der Waals surface area (Å²) >= 11 is 3.54. The molecular formula is C18H20BrNO. The highest BCUT2D eigenvalue weighted by atomic mass is 79.9. The summed E-state index contributed by atoms with van der Waals surface area (Å²) in [6.07, 6.45) is 0.398. The molecule has 110 valence electrons. The number of carbonyl (C=O) groups excluding carboxylic acids is 1. The predicted octanol–water partition coefficient (Wildman–Crippen LogP) is 4.86. The third-order valence-electron chi connectivity index (χ3n) is 3.66. The number of carbonyl (C=O) groups is 1. The minimum atomic E-state index is 0.0133. The minimum Gasteiger partial charge on any atom is -0.326 e. The van der Waals surface area contributed by atoms with Crippen LogP contribution in [-0.4, -0.2) is 5.91 Å². The summed E-state index contributed by atoms with van der Waals surface area (Å²) in [6, 6.07) is 10.1. The van der Waals surface area contributed by atoms with Gasteiger partial charge in [-0.25, -0.2) is 0 Å². The van der Waals surface area contributed by atoms with Crippen molar-refractivity contribution in [3.05, 3.63) is 62.6 Å². The predicted molar refractivity (Wildman–Crippen MR) is 91.9 cm³/mol. The van der Waals surface area contributed by atoms with E-state index in [1.54, 1.807) is 0 Å². The van der Waals surface area contributed by atoms with Crippen molar-refractivity contribution in [3.63, 3.8) is 0 Å². The highest BCUT2D eigenvalue weighted by molar-refractivity contribution is 9.10. The molecule has 0 spiro atoms. The number of hydrogen-bond acceptors (Lipinski definition) is 1. The van der Waals surface area contributed by atoms with Crippen LogP contribution in [0.5, 0.6) is 0 Å². The number of rotatable bonds is 3. The van der Waals surface area contributed by atoms with Gasteiger partial charge in [0.15, 0.2) is 0 Å². The smallest absolute Gasteiger partial charge is 0.228 e. The fourth-order valence-corrected chi connectivity index (χ4v) is 2.55. The van der Waals surface area contributed by atoms with Crippen molar-refractivity contribution in [1.29, 1.82) is 0 Å². The number of aryl methyl sites for hydroxylation is 4. The fraction of sp³-hybridized carbons (Fsp3) is 0.278. The van der Waals surface area contributed by atoms with Crippen molar-refractivity contribution in [2.45, 2.75) is 34.1 Å². The molecule has 0 saturated heterocycles. The number of halogens is 1. The Morgan fingerprint density at radius 1 is 0.952 bits per heavy atom. The lowest BCUT2D eigenvalue weighted by molar-refractivity contribution is -0.115. The van der Waals surface area contributed by atoms with Gasteiger partial charge in [0, 0.05) is 10.2 Å². The number of benzene rings is 2. The third kappa shape index (κ3) is 3.94. The quantitative estimate of drug-likeness (QED) is 0.845. The van der Waals surface area contributed by atoms with Gasteiger partial charge >= 0.3 is 0 Å². The zero-order valence-corrected chi connectivity index (χ0v) is 14.5. The Kier molecular flexibility index (Phi) is 4.84. The first kappa shape index (κ1) is 15.8. The largest absolute Gasteiger partial charge is 0.326 e. The molecule has 0 aromatic heterocycles. The molecular weight excluding hydrogens is 326 g/mol. The highest BCUT2D eigenvalue weighted by Gasteiger charge is 2.07. The lowest BCUT2D eigenvalue weighted by Gasteiger charge is -2.10. The number of nitrogens with one attached hydrogen (secondary N) is 1. The van der Waals surface area contributed by atoms with Crippen molar-refractivity contribution < 1.29 is 4.79 Å². The highest BCUT2D eigenvalue weighted by Crippen LogP contribution is 2.25. The van der Waals surface area contributed by atoms with Gasteiger partial charge in [0.1, 0.15) is 0 Å². The van der Waals surface area contributed by atoms with Crippen molar-refractivity contribution in [1.82, 2.24) is 0 Å². The van der Waals surface area contributed by atoms with Crippen LogP contribution in [0.1, 0.15) is 27.8 Å². The number of hydrogen-bond donors (Lipinski definition) is 1. The van der Waals surface area contributed by atoms with Crippen LogP contribution in [0, 0.1) is 27.7 Å². The van der Waals surface area contributed by atoms with Gasteiger partial charge in [-0.1, -0.05) is 34.1 Å². The van der Waals surface area contributed by atoms with Crippen LogP contribution >= 0.6 is 15.9 Å². The molecule has 0 aliphatic heterocycles. The maximum absolute atomic E-state index is 12.2. The van der Waals surface area contributed by atoms with E-state index in [4.69, 9.17) is 0 Å². The zero-order valence-electron chi connectivity index (χ0n) is 12.9. The number of anilines is 1. The summed E-state index contributed by atoms with van der Waals surface area (Å²) in [6.45, 7) is 8.19. The maximum atomic E-state index is 12.2. The Hall–Kier alpha value is -1.61. The van der Waals surface area contributed by atoms with E-state index in [1.807, 2.05) is 32.0 Å². The molecule has 2 nitrogen and oxygen atoms in total. The summed E-state index contributed by atoms with van der Waals surface area (Å²) in [5.74, 6) is 0.0133. The van der Waals surface area contributed by atoms with Crippen molar-refractivity contribution in [3.8, 4) is 0 Å². The Balaban J connectivity index is 2.09. The van der Waals surface area contributed by atoms with Gasteiger partial charge in [-0.3, -0.25) is 4.79 Å². The molecule has 0 saturated carbocycles. The first-order chi connectivity index (χ1) is 9.86. The van der Waals surface area contributed by atoms with E-state index in [1.165, 1.54) is 11.1 Å².